The molecule has 5 nitrogen and oxygen atoms in total. The second-order valence-corrected chi connectivity index (χ2v) is 6.07. The summed E-state index contributed by atoms with van der Waals surface area (Å²) in [5, 5.41) is 4.28. The summed E-state index contributed by atoms with van der Waals surface area (Å²) in [4.78, 5) is 5.86. The first-order valence-corrected chi connectivity index (χ1v) is 7.82. The van der Waals surface area contributed by atoms with E-state index >= 15 is 0 Å². The summed E-state index contributed by atoms with van der Waals surface area (Å²) in [6, 6.07) is 4.04. The van der Waals surface area contributed by atoms with Crippen LogP contribution in [-0.2, 0) is 0 Å². The first-order chi connectivity index (χ1) is 10.6. The van der Waals surface area contributed by atoms with Crippen LogP contribution in [0.25, 0.3) is 11.3 Å². The van der Waals surface area contributed by atoms with E-state index in [9.17, 15) is 0 Å². The molecule has 0 amide bonds. The molecule has 0 fully saturated rings. The Kier molecular flexibility index (Phi) is 5.26. The van der Waals surface area contributed by atoms with Crippen molar-refractivity contribution >= 4 is 11.3 Å². The van der Waals surface area contributed by atoms with Crippen molar-refractivity contribution in [2.24, 2.45) is 0 Å². The second kappa shape index (κ2) is 6.98. The van der Waals surface area contributed by atoms with Gasteiger partial charge in [-0.05, 0) is 33.0 Å². The fraction of sp³-hybridized carbons (Fsp3) is 0.438. The number of rotatable bonds is 6. The first kappa shape index (κ1) is 16.6. The highest BCUT2D eigenvalue weighted by Gasteiger charge is 2.23. The van der Waals surface area contributed by atoms with Crippen molar-refractivity contribution in [3.8, 4) is 28.5 Å². The van der Waals surface area contributed by atoms with Gasteiger partial charge in [-0.15, -0.1) is 11.3 Å². The highest BCUT2D eigenvalue weighted by Crippen LogP contribution is 2.46. The molecular weight excluding hydrogens is 300 g/mol. The zero-order valence-corrected chi connectivity index (χ0v) is 14.6. The van der Waals surface area contributed by atoms with E-state index < -0.39 is 0 Å². The average molecular weight is 322 g/mol. The van der Waals surface area contributed by atoms with Crippen molar-refractivity contribution in [2.75, 3.05) is 28.4 Å². The highest BCUT2D eigenvalue weighted by molar-refractivity contribution is 7.12. The van der Waals surface area contributed by atoms with Gasteiger partial charge in [-0.1, -0.05) is 0 Å². The van der Waals surface area contributed by atoms with Gasteiger partial charge in [0.05, 0.1) is 32.0 Å². The molecule has 0 saturated heterocycles. The monoisotopic (exact) mass is 322 g/mol. The fourth-order valence-electron chi connectivity index (χ4n) is 2.35. The maximum Gasteiger partial charge on any atom is 0.203 e. The van der Waals surface area contributed by atoms with Gasteiger partial charge >= 0.3 is 0 Å². The molecule has 1 heterocycles. The SMILES string of the molecule is CNC(C)c1sc(C)nc1-c1ccc(OC)c(OC)c1OC. The smallest absolute Gasteiger partial charge is 0.203 e. The van der Waals surface area contributed by atoms with Crippen molar-refractivity contribution in [1.29, 1.82) is 0 Å². The molecule has 1 aromatic carbocycles. The molecule has 0 radical (unpaired) electrons. The zero-order valence-electron chi connectivity index (χ0n) is 13.8. The second-order valence-electron chi connectivity index (χ2n) is 4.84. The standard InChI is InChI=1S/C16H22N2O3S/c1-9(17-3)16-13(18-10(2)22-16)11-7-8-12(19-4)15(21-6)14(11)20-5/h7-9,17H,1-6H3. The van der Waals surface area contributed by atoms with Gasteiger partial charge in [0, 0.05) is 16.5 Å². The van der Waals surface area contributed by atoms with Crippen LogP contribution in [0.1, 0.15) is 22.9 Å². The molecule has 0 aliphatic heterocycles. The van der Waals surface area contributed by atoms with Gasteiger partial charge in [-0.3, -0.25) is 0 Å². The summed E-state index contributed by atoms with van der Waals surface area (Å²) >= 11 is 1.68. The third-order valence-electron chi connectivity index (χ3n) is 3.55. The van der Waals surface area contributed by atoms with E-state index in [4.69, 9.17) is 19.2 Å². The number of aromatic nitrogens is 1. The summed E-state index contributed by atoms with van der Waals surface area (Å²) in [6.07, 6.45) is 0. The quantitative estimate of drug-likeness (QED) is 0.883. The molecule has 0 aliphatic carbocycles. The molecule has 2 aromatic rings. The van der Waals surface area contributed by atoms with Crippen LogP contribution in [0.5, 0.6) is 17.2 Å². The van der Waals surface area contributed by atoms with Gasteiger partial charge in [0.25, 0.3) is 0 Å². The maximum absolute atomic E-state index is 5.58. The minimum Gasteiger partial charge on any atom is -0.493 e. The number of methoxy groups -OCH3 is 3. The summed E-state index contributed by atoms with van der Waals surface area (Å²) in [6.45, 7) is 4.12. The molecule has 1 atom stereocenters. The normalized spacial score (nSPS) is 12.1. The largest absolute Gasteiger partial charge is 0.493 e. The Morgan fingerprint density at radius 2 is 1.77 bits per heavy atom. The van der Waals surface area contributed by atoms with Crippen LogP contribution < -0.4 is 19.5 Å². The van der Waals surface area contributed by atoms with Crippen LogP contribution >= 0.6 is 11.3 Å². The van der Waals surface area contributed by atoms with Crippen LogP contribution in [0.4, 0.5) is 0 Å². The number of ether oxygens (including phenoxy) is 3. The molecule has 0 spiro atoms. The summed E-state index contributed by atoms with van der Waals surface area (Å²) in [5.41, 5.74) is 1.82. The predicted octanol–water partition coefficient (Wildman–Crippen LogP) is 3.42. The third kappa shape index (κ3) is 2.89. The van der Waals surface area contributed by atoms with Crippen molar-refractivity contribution in [3.05, 3.63) is 22.0 Å². The van der Waals surface area contributed by atoms with E-state index in [1.807, 2.05) is 26.1 Å². The van der Waals surface area contributed by atoms with Crippen LogP contribution in [0.15, 0.2) is 12.1 Å². The van der Waals surface area contributed by atoms with Crippen molar-refractivity contribution in [2.45, 2.75) is 19.9 Å². The highest BCUT2D eigenvalue weighted by atomic mass is 32.1. The molecule has 6 heteroatoms. The van der Waals surface area contributed by atoms with E-state index in [1.165, 1.54) is 4.88 Å². The van der Waals surface area contributed by atoms with Gasteiger partial charge < -0.3 is 19.5 Å². The van der Waals surface area contributed by atoms with Crippen molar-refractivity contribution < 1.29 is 14.2 Å². The molecule has 0 aliphatic rings. The number of benzene rings is 1. The number of hydrogen-bond acceptors (Lipinski definition) is 6. The van der Waals surface area contributed by atoms with E-state index in [-0.39, 0.29) is 6.04 Å². The van der Waals surface area contributed by atoms with Crippen LogP contribution in [0, 0.1) is 6.92 Å². The molecule has 2 rings (SSSR count). The number of thiazole rings is 1. The van der Waals surface area contributed by atoms with Crippen LogP contribution in [0.2, 0.25) is 0 Å². The van der Waals surface area contributed by atoms with Crippen LogP contribution in [-0.4, -0.2) is 33.4 Å². The Bertz CT molecular complexity index is 655. The Morgan fingerprint density at radius 1 is 1.09 bits per heavy atom. The summed E-state index contributed by atoms with van der Waals surface area (Å²) in [7, 11) is 6.78. The molecule has 120 valence electrons. The fourth-order valence-corrected chi connectivity index (χ4v) is 3.35. The lowest BCUT2D eigenvalue weighted by atomic mass is 10.1. The van der Waals surface area contributed by atoms with Gasteiger partial charge in [0.2, 0.25) is 5.75 Å². The topological polar surface area (TPSA) is 52.6 Å². The lowest BCUT2D eigenvalue weighted by molar-refractivity contribution is 0.325. The molecule has 22 heavy (non-hydrogen) atoms. The van der Waals surface area contributed by atoms with Crippen LogP contribution in [0.3, 0.4) is 0 Å². The van der Waals surface area contributed by atoms with E-state index in [1.54, 1.807) is 32.7 Å². The number of nitrogens with zero attached hydrogens (tertiary/aromatic N) is 1. The minimum atomic E-state index is 0.207. The van der Waals surface area contributed by atoms with Crippen molar-refractivity contribution in [1.82, 2.24) is 10.3 Å². The van der Waals surface area contributed by atoms with Crippen molar-refractivity contribution in [3.63, 3.8) is 0 Å². The van der Waals surface area contributed by atoms with E-state index in [0.717, 1.165) is 16.3 Å². The summed E-state index contributed by atoms with van der Waals surface area (Å²) in [5.74, 6) is 1.85. The van der Waals surface area contributed by atoms with Gasteiger partial charge in [0.15, 0.2) is 11.5 Å². The Labute approximate surface area is 135 Å². The molecular formula is C16H22N2O3S. The van der Waals surface area contributed by atoms with Gasteiger partial charge in [-0.2, -0.15) is 0 Å². The maximum atomic E-state index is 5.58. The molecule has 1 N–H and O–H groups in total. The van der Waals surface area contributed by atoms with E-state index in [0.29, 0.717) is 17.2 Å². The molecule has 0 bridgehead atoms. The number of hydrogen-bond donors (Lipinski definition) is 1. The van der Waals surface area contributed by atoms with E-state index in [2.05, 4.69) is 12.2 Å². The number of nitrogens with one attached hydrogen (secondary N) is 1. The molecule has 1 aromatic heterocycles. The van der Waals surface area contributed by atoms with Gasteiger partial charge in [0.1, 0.15) is 0 Å². The van der Waals surface area contributed by atoms with Gasteiger partial charge in [-0.25, -0.2) is 4.98 Å². The Morgan fingerprint density at radius 3 is 2.32 bits per heavy atom. The zero-order chi connectivity index (χ0) is 16.3. The lowest BCUT2D eigenvalue weighted by Crippen LogP contribution is -2.12. The molecule has 0 saturated carbocycles. The average Bonchev–Trinajstić information content (AvgIpc) is 2.93. The lowest BCUT2D eigenvalue weighted by Gasteiger charge is -2.16. The number of aryl methyl sites for hydroxylation is 1. The summed E-state index contributed by atoms with van der Waals surface area (Å²) < 4.78 is 16.4. The first-order valence-electron chi connectivity index (χ1n) is 7.01. The molecule has 1 unspecified atom stereocenters. The Balaban J connectivity index is 2.68. The minimum absolute atomic E-state index is 0.207. The predicted molar refractivity (Wildman–Crippen MR) is 89.4 cm³/mol. The third-order valence-corrected chi connectivity index (χ3v) is 4.70. The Hall–Kier alpha value is -1.79.